The van der Waals surface area contributed by atoms with Crippen LogP contribution in [0.4, 0.5) is 11.5 Å². The lowest BCUT2D eigenvalue weighted by Gasteiger charge is -2.23. The molecule has 1 aromatic heterocycles. The second-order valence-corrected chi connectivity index (χ2v) is 13.9. The maximum absolute atomic E-state index is 12.6. The Kier molecular flexibility index (Phi) is 11.2. The first kappa shape index (κ1) is 35.1. The van der Waals surface area contributed by atoms with Gasteiger partial charge in [-0.05, 0) is 12.0 Å². The van der Waals surface area contributed by atoms with E-state index in [1.807, 2.05) is 0 Å². The van der Waals surface area contributed by atoms with Gasteiger partial charge >= 0.3 is 29.2 Å². The van der Waals surface area contributed by atoms with Gasteiger partial charge in [0.2, 0.25) is 0 Å². The summed E-state index contributed by atoms with van der Waals surface area (Å²) in [6, 6.07) is 6.04. The summed E-state index contributed by atoms with van der Waals surface area (Å²) in [5.41, 5.74) is 5.38. The van der Waals surface area contributed by atoms with E-state index in [9.17, 15) is 43.5 Å². The number of nitrogens with zero attached hydrogens (tertiary/aromatic N) is 3. The topological polar surface area (TPSA) is 303 Å². The number of ether oxygens (including phenoxy) is 2. The van der Waals surface area contributed by atoms with E-state index in [-0.39, 0.29) is 36.0 Å². The van der Waals surface area contributed by atoms with Crippen molar-refractivity contribution in [2.24, 2.45) is 5.92 Å². The molecule has 1 aliphatic heterocycles. The van der Waals surface area contributed by atoms with Crippen LogP contribution >= 0.6 is 23.5 Å². The Morgan fingerprint density at radius 1 is 1.16 bits per heavy atom. The lowest BCUT2D eigenvalue weighted by molar-refractivity contribution is -0.386. The van der Waals surface area contributed by atoms with Gasteiger partial charge in [0.25, 0.3) is 5.69 Å². The Labute approximate surface area is 242 Å². The van der Waals surface area contributed by atoms with Crippen molar-refractivity contribution in [3.05, 3.63) is 62.2 Å². The van der Waals surface area contributed by atoms with Crippen molar-refractivity contribution >= 4 is 35.0 Å². The second kappa shape index (κ2) is 13.7. The number of anilines is 1. The van der Waals surface area contributed by atoms with Crippen LogP contribution in [0.1, 0.15) is 43.7 Å². The van der Waals surface area contributed by atoms with Crippen molar-refractivity contribution in [2.75, 3.05) is 12.3 Å². The number of hydrogen-bond donors (Lipinski definition) is 6. The van der Waals surface area contributed by atoms with E-state index >= 15 is 0 Å². The smallest absolute Gasteiger partial charge is 0.390 e. The summed E-state index contributed by atoms with van der Waals surface area (Å²) in [6.07, 6.45) is -3.79. The Bertz CT molecular complexity index is 1530. The van der Waals surface area contributed by atoms with Crippen LogP contribution in [0.3, 0.4) is 0 Å². The van der Waals surface area contributed by atoms with Gasteiger partial charge in [-0.25, -0.2) is 18.5 Å². The summed E-state index contributed by atoms with van der Waals surface area (Å²) >= 11 is 0. The van der Waals surface area contributed by atoms with Crippen molar-refractivity contribution in [2.45, 2.75) is 51.4 Å². The Morgan fingerprint density at radius 2 is 1.81 bits per heavy atom. The molecule has 7 N–H and O–H groups in total. The minimum atomic E-state index is -5.75. The van der Waals surface area contributed by atoms with E-state index in [1.54, 1.807) is 26.0 Å². The average molecular weight is 674 g/mol. The molecule has 4 unspecified atom stereocenters. The molecule has 1 fully saturated rings. The number of para-hydroxylation sites is 1. The lowest BCUT2D eigenvalue weighted by atomic mass is 9.97. The molecular formula is C20H29N4O16P3. The summed E-state index contributed by atoms with van der Waals surface area (Å²) in [4.78, 5) is 63.4. The largest absolute Gasteiger partial charge is 0.490 e. The summed E-state index contributed by atoms with van der Waals surface area (Å²) in [5.74, 6) is -0.418. The average Bonchev–Trinajstić information content (AvgIpc) is 3.22. The monoisotopic (exact) mass is 674 g/mol. The minimum absolute atomic E-state index is 0.146. The fourth-order valence-electron chi connectivity index (χ4n) is 4.06. The molecule has 1 aliphatic rings. The van der Waals surface area contributed by atoms with Crippen molar-refractivity contribution in [3.63, 3.8) is 0 Å². The molecule has 0 radical (unpaired) electrons. The predicted molar refractivity (Wildman–Crippen MR) is 143 cm³/mol. The number of rotatable bonds is 14. The molecule has 0 saturated carbocycles. The predicted octanol–water partition coefficient (Wildman–Crippen LogP) is 1.64. The highest BCUT2D eigenvalue weighted by Gasteiger charge is 2.43. The van der Waals surface area contributed by atoms with Crippen LogP contribution < -0.4 is 11.4 Å². The molecule has 0 bridgehead atoms. The van der Waals surface area contributed by atoms with Gasteiger partial charge in [0, 0.05) is 24.2 Å². The first-order chi connectivity index (χ1) is 19.8. The van der Waals surface area contributed by atoms with Gasteiger partial charge in [-0.15, -0.1) is 0 Å². The van der Waals surface area contributed by atoms with E-state index < -0.39 is 65.2 Å². The van der Waals surface area contributed by atoms with Crippen LogP contribution in [-0.4, -0.2) is 58.0 Å². The van der Waals surface area contributed by atoms with Gasteiger partial charge < -0.3 is 39.9 Å². The van der Waals surface area contributed by atoms with Crippen LogP contribution in [0, 0.1) is 16.0 Å². The molecule has 0 aliphatic carbocycles. The first-order valence-corrected chi connectivity index (χ1v) is 16.6. The molecule has 0 spiro atoms. The number of aliphatic hydroxyl groups excluding tert-OH is 1. The normalized spacial score (nSPS) is 22.7. The highest BCUT2D eigenvalue weighted by molar-refractivity contribution is 7.66. The van der Waals surface area contributed by atoms with Gasteiger partial charge in [-0.1, -0.05) is 26.0 Å². The SMILES string of the molecule is CC(C)C(OCc1cn([C@H]2CC(O)[C@@H](COP(=O)(O)OP(=O)(O)OP(=O)(O)O)O2)c(=O)nc1N)c1ccccc1[N+](=O)[O-]. The molecule has 1 saturated heterocycles. The standard InChI is InChI=1S/C20H29N4O16P3/c1-11(2)18(13-5-3-4-6-14(13)24(27)28)36-9-12-8-23(20(26)22-19(12)21)17-7-15(25)16(38-17)10-37-42(32,33)40-43(34,35)39-41(29,30)31/h3-6,8,11,15-18,25H,7,9-10H2,1-2H3,(H,32,33)(H,34,35)(H2,21,22,26)(H2,29,30,31)/t15?,16-,17-,18?/m1/s1. The molecule has 1 aromatic carbocycles. The maximum Gasteiger partial charge on any atom is 0.490 e. The zero-order valence-corrected chi connectivity index (χ0v) is 25.1. The molecule has 2 aromatic rings. The summed E-state index contributed by atoms with van der Waals surface area (Å²) in [7, 11) is -16.8. The Morgan fingerprint density at radius 3 is 2.42 bits per heavy atom. The molecule has 0 amide bonds. The zero-order chi connectivity index (χ0) is 32.3. The fraction of sp³-hybridized carbons (Fsp3) is 0.500. The molecule has 20 nitrogen and oxygen atoms in total. The molecule has 23 heteroatoms. The van der Waals surface area contributed by atoms with Crippen molar-refractivity contribution < 1.29 is 65.9 Å². The van der Waals surface area contributed by atoms with Crippen LogP contribution in [0.2, 0.25) is 0 Å². The molecule has 43 heavy (non-hydrogen) atoms. The Balaban J connectivity index is 1.72. The van der Waals surface area contributed by atoms with E-state index in [1.165, 1.54) is 18.3 Å². The van der Waals surface area contributed by atoms with Gasteiger partial charge in [0.1, 0.15) is 18.1 Å². The number of nitro benzene ring substituents is 1. The van der Waals surface area contributed by atoms with Gasteiger partial charge in [-0.2, -0.15) is 13.6 Å². The third-order valence-electron chi connectivity index (χ3n) is 5.86. The van der Waals surface area contributed by atoms with Crippen molar-refractivity contribution in [1.82, 2.24) is 9.55 Å². The number of aromatic nitrogens is 2. The molecule has 6 atom stereocenters. The van der Waals surface area contributed by atoms with E-state index in [2.05, 4.69) is 18.1 Å². The lowest BCUT2D eigenvalue weighted by Crippen LogP contribution is -2.29. The molecule has 2 heterocycles. The number of nitrogen functional groups attached to an aromatic ring is 1. The summed E-state index contributed by atoms with van der Waals surface area (Å²) in [6.45, 7) is 2.40. The van der Waals surface area contributed by atoms with Crippen molar-refractivity contribution in [1.29, 1.82) is 0 Å². The second-order valence-electron chi connectivity index (χ2n) is 9.45. The maximum atomic E-state index is 12.6. The van der Waals surface area contributed by atoms with Crippen LogP contribution in [0.15, 0.2) is 35.3 Å². The van der Waals surface area contributed by atoms with Crippen LogP contribution in [-0.2, 0) is 42.9 Å². The first-order valence-electron chi connectivity index (χ1n) is 12.1. The van der Waals surface area contributed by atoms with Gasteiger partial charge in [0.05, 0.1) is 35.9 Å². The van der Waals surface area contributed by atoms with E-state index in [0.717, 1.165) is 4.57 Å². The van der Waals surface area contributed by atoms with Gasteiger partial charge in [0.15, 0.2) is 0 Å². The number of phosphoric acid groups is 3. The molecule has 240 valence electrons. The van der Waals surface area contributed by atoms with E-state index in [0.29, 0.717) is 5.56 Å². The third kappa shape index (κ3) is 9.79. The third-order valence-corrected chi connectivity index (χ3v) is 9.66. The number of hydrogen-bond acceptors (Lipinski definition) is 14. The number of nitro groups is 1. The summed E-state index contributed by atoms with van der Waals surface area (Å²) in [5, 5.41) is 21.9. The Hall–Kier alpha value is -2.41. The minimum Gasteiger partial charge on any atom is -0.390 e. The van der Waals surface area contributed by atoms with Gasteiger partial charge in [-0.3, -0.25) is 19.2 Å². The van der Waals surface area contributed by atoms with Crippen molar-refractivity contribution in [3.8, 4) is 0 Å². The molecular weight excluding hydrogens is 645 g/mol. The highest BCUT2D eigenvalue weighted by Crippen LogP contribution is 2.66. The number of benzene rings is 1. The zero-order valence-electron chi connectivity index (χ0n) is 22.4. The molecule has 3 rings (SSSR count). The fourth-order valence-corrected chi connectivity index (χ4v) is 7.09. The van der Waals surface area contributed by atoms with Crippen LogP contribution in [0.25, 0.3) is 0 Å². The number of nitrogens with two attached hydrogens (primary N) is 1. The number of phosphoric ester groups is 1. The van der Waals surface area contributed by atoms with E-state index in [4.69, 9.17) is 25.0 Å². The van der Waals surface area contributed by atoms with Crippen LogP contribution in [0.5, 0.6) is 0 Å². The number of aliphatic hydroxyl groups is 1. The quantitative estimate of drug-likeness (QED) is 0.0942. The summed E-state index contributed by atoms with van der Waals surface area (Å²) < 4.78 is 58.4. The highest BCUT2D eigenvalue weighted by atomic mass is 31.3.